The molecule has 0 bridgehead atoms. The van der Waals surface area contributed by atoms with Crippen LogP contribution in [0.5, 0.6) is 0 Å². The number of nitrogens with one attached hydrogen (secondary N) is 1. The zero-order valence-electron chi connectivity index (χ0n) is 11.7. The van der Waals surface area contributed by atoms with Crippen LogP contribution in [0.4, 0.5) is 8.78 Å². The monoisotopic (exact) mass is 284 g/mol. The molecule has 5 heteroatoms. The number of rotatable bonds is 5. The van der Waals surface area contributed by atoms with Crippen LogP contribution in [0.1, 0.15) is 43.7 Å². The van der Waals surface area contributed by atoms with Crippen molar-refractivity contribution in [1.29, 1.82) is 0 Å². The molecule has 112 valence electrons. The van der Waals surface area contributed by atoms with E-state index >= 15 is 0 Å². The van der Waals surface area contributed by atoms with Crippen LogP contribution < -0.4 is 11.3 Å². The highest BCUT2D eigenvalue weighted by Crippen LogP contribution is 2.34. The Balaban J connectivity index is 2.23. The van der Waals surface area contributed by atoms with E-state index in [1.54, 1.807) is 7.11 Å². The Kier molecular flexibility index (Phi) is 5.46. The van der Waals surface area contributed by atoms with Crippen LogP contribution in [0.25, 0.3) is 0 Å². The van der Waals surface area contributed by atoms with Crippen molar-refractivity contribution in [3.63, 3.8) is 0 Å². The molecule has 20 heavy (non-hydrogen) atoms. The summed E-state index contributed by atoms with van der Waals surface area (Å²) in [6.45, 7) is 0. The van der Waals surface area contributed by atoms with Crippen LogP contribution in [0.2, 0.25) is 0 Å². The molecule has 0 saturated heterocycles. The minimum Gasteiger partial charge on any atom is -0.379 e. The van der Waals surface area contributed by atoms with Gasteiger partial charge in [-0.15, -0.1) is 0 Å². The molecule has 1 aromatic carbocycles. The highest BCUT2D eigenvalue weighted by atomic mass is 19.1. The fourth-order valence-corrected chi connectivity index (χ4v) is 3.18. The molecule has 1 aromatic rings. The van der Waals surface area contributed by atoms with E-state index in [1.165, 1.54) is 18.6 Å². The Bertz CT molecular complexity index is 436. The number of halogens is 2. The number of nitrogens with two attached hydrogens (primary N) is 1. The topological polar surface area (TPSA) is 47.3 Å². The second kappa shape index (κ2) is 7.11. The first-order chi connectivity index (χ1) is 9.67. The second-order valence-electron chi connectivity index (χ2n) is 5.41. The maximum Gasteiger partial charge on any atom is 0.131 e. The second-order valence-corrected chi connectivity index (χ2v) is 5.41. The van der Waals surface area contributed by atoms with Gasteiger partial charge in [-0.3, -0.25) is 11.3 Å². The molecule has 0 aliphatic heterocycles. The van der Waals surface area contributed by atoms with Gasteiger partial charge >= 0.3 is 0 Å². The standard InChI is InChI=1S/C15H22F2N2O/c1-20-15(10-5-3-2-4-6-10)14(19-18)12-8-7-11(16)9-13(12)17/h7-10,14-15,19H,2-6,18H2,1H3. The molecule has 2 rings (SSSR count). The smallest absolute Gasteiger partial charge is 0.131 e. The molecular weight excluding hydrogens is 262 g/mol. The SMILES string of the molecule is COC(C1CCCCC1)C(NN)c1ccc(F)cc1F. The third-order valence-electron chi connectivity index (χ3n) is 4.19. The lowest BCUT2D eigenvalue weighted by molar-refractivity contribution is 0.00662. The number of ether oxygens (including phenoxy) is 1. The van der Waals surface area contributed by atoms with E-state index in [2.05, 4.69) is 5.43 Å². The maximum atomic E-state index is 14.0. The van der Waals surface area contributed by atoms with Gasteiger partial charge in [0.1, 0.15) is 11.6 Å². The minimum absolute atomic E-state index is 0.208. The summed E-state index contributed by atoms with van der Waals surface area (Å²) in [5.41, 5.74) is 2.99. The Hall–Kier alpha value is -1.04. The van der Waals surface area contributed by atoms with Crippen molar-refractivity contribution in [3.05, 3.63) is 35.4 Å². The van der Waals surface area contributed by atoms with Crippen LogP contribution in [0.3, 0.4) is 0 Å². The first kappa shape index (κ1) is 15.4. The normalized spacial score (nSPS) is 19.8. The van der Waals surface area contributed by atoms with Crippen molar-refractivity contribution in [2.45, 2.75) is 44.2 Å². The van der Waals surface area contributed by atoms with Crippen molar-refractivity contribution < 1.29 is 13.5 Å². The van der Waals surface area contributed by atoms with Gasteiger partial charge in [0, 0.05) is 18.7 Å². The van der Waals surface area contributed by atoms with Gasteiger partial charge in [-0.2, -0.15) is 0 Å². The summed E-state index contributed by atoms with van der Waals surface area (Å²) in [7, 11) is 1.62. The molecule has 0 amide bonds. The summed E-state index contributed by atoms with van der Waals surface area (Å²) >= 11 is 0. The highest BCUT2D eigenvalue weighted by Gasteiger charge is 2.32. The van der Waals surface area contributed by atoms with Crippen LogP contribution in [0.15, 0.2) is 18.2 Å². The Morgan fingerprint density at radius 1 is 1.25 bits per heavy atom. The van der Waals surface area contributed by atoms with E-state index in [0.29, 0.717) is 11.5 Å². The Morgan fingerprint density at radius 2 is 1.95 bits per heavy atom. The van der Waals surface area contributed by atoms with Gasteiger partial charge in [0.25, 0.3) is 0 Å². The predicted octanol–water partition coefficient (Wildman–Crippen LogP) is 3.06. The van der Waals surface area contributed by atoms with Crippen LogP contribution >= 0.6 is 0 Å². The molecule has 1 fully saturated rings. The molecule has 0 spiro atoms. The third-order valence-corrected chi connectivity index (χ3v) is 4.19. The molecule has 0 aromatic heterocycles. The zero-order valence-corrected chi connectivity index (χ0v) is 11.7. The molecule has 1 aliphatic carbocycles. The fourth-order valence-electron chi connectivity index (χ4n) is 3.18. The van der Waals surface area contributed by atoms with Gasteiger partial charge in [0.2, 0.25) is 0 Å². The van der Waals surface area contributed by atoms with Gasteiger partial charge < -0.3 is 4.74 Å². The number of hydrogen-bond donors (Lipinski definition) is 2. The van der Waals surface area contributed by atoms with Gasteiger partial charge in [0.05, 0.1) is 12.1 Å². The zero-order chi connectivity index (χ0) is 14.5. The molecule has 3 nitrogen and oxygen atoms in total. The highest BCUT2D eigenvalue weighted by molar-refractivity contribution is 5.23. The van der Waals surface area contributed by atoms with Crippen molar-refractivity contribution in [3.8, 4) is 0 Å². The number of benzene rings is 1. The molecule has 2 atom stereocenters. The lowest BCUT2D eigenvalue weighted by Gasteiger charge is -2.34. The van der Waals surface area contributed by atoms with Crippen molar-refractivity contribution in [2.24, 2.45) is 11.8 Å². The largest absolute Gasteiger partial charge is 0.379 e. The lowest BCUT2D eigenvalue weighted by Crippen LogP contribution is -2.42. The van der Waals surface area contributed by atoms with E-state index < -0.39 is 17.7 Å². The van der Waals surface area contributed by atoms with Crippen LogP contribution in [-0.4, -0.2) is 13.2 Å². The van der Waals surface area contributed by atoms with Gasteiger partial charge in [0.15, 0.2) is 0 Å². The van der Waals surface area contributed by atoms with E-state index in [4.69, 9.17) is 10.6 Å². The van der Waals surface area contributed by atoms with E-state index in [9.17, 15) is 8.78 Å². The van der Waals surface area contributed by atoms with E-state index in [-0.39, 0.29) is 6.10 Å². The first-order valence-electron chi connectivity index (χ1n) is 7.11. The molecular formula is C15H22F2N2O. The summed E-state index contributed by atoms with van der Waals surface area (Å²) < 4.78 is 32.6. The van der Waals surface area contributed by atoms with Crippen LogP contribution in [-0.2, 0) is 4.74 Å². The summed E-state index contributed by atoms with van der Waals surface area (Å²) in [6.07, 6.45) is 5.46. The fraction of sp³-hybridized carbons (Fsp3) is 0.600. The average molecular weight is 284 g/mol. The number of hydrazine groups is 1. The quantitative estimate of drug-likeness (QED) is 0.645. The maximum absolute atomic E-state index is 14.0. The van der Waals surface area contributed by atoms with Crippen LogP contribution in [0, 0.1) is 17.6 Å². The van der Waals surface area contributed by atoms with E-state index in [0.717, 1.165) is 31.7 Å². The Morgan fingerprint density at radius 3 is 2.50 bits per heavy atom. The molecule has 3 N–H and O–H groups in total. The minimum atomic E-state index is -0.592. The molecule has 1 aliphatic rings. The van der Waals surface area contributed by atoms with E-state index in [1.807, 2.05) is 0 Å². The summed E-state index contributed by atoms with van der Waals surface area (Å²) in [4.78, 5) is 0. The lowest BCUT2D eigenvalue weighted by atomic mass is 9.81. The summed E-state index contributed by atoms with van der Waals surface area (Å²) in [5.74, 6) is 4.77. The third kappa shape index (κ3) is 3.34. The molecule has 0 heterocycles. The molecule has 1 saturated carbocycles. The molecule has 2 unspecified atom stereocenters. The number of hydrogen-bond acceptors (Lipinski definition) is 3. The summed E-state index contributed by atoms with van der Waals surface area (Å²) in [6, 6.07) is 3.09. The Labute approximate surface area is 118 Å². The predicted molar refractivity (Wildman–Crippen MR) is 73.8 cm³/mol. The summed E-state index contributed by atoms with van der Waals surface area (Å²) in [5, 5.41) is 0. The van der Waals surface area contributed by atoms with Crippen molar-refractivity contribution >= 4 is 0 Å². The van der Waals surface area contributed by atoms with Gasteiger partial charge in [-0.25, -0.2) is 8.78 Å². The first-order valence-corrected chi connectivity index (χ1v) is 7.11. The number of methoxy groups -OCH3 is 1. The van der Waals surface area contributed by atoms with Gasteiger partial charge in [-0.05, 0) is 24.8 Å². The average Bonchev–Trinajstić information content (AvgIpc) is 2.46. The van der Waals surface area contributed by atoms with Gasteiger partial charge in [-0.1, -0.05) is 25.3 Å². The molecule has 0 radical (unpaired) electrons. The van der Waals surface area contributed by atoms with Crippen molar-refractivity contribution in [1.82, 2.24) is 5.43 Å². The van der Waals surface area contributed by atoms with Crippen molar-refractivity contribution in [2.75, 3.05) is 7.11 Å².